The van der Waals surface area contributed by atoms with E-state index in [0.717, 1.165) is 14.7 Å². The maximum atomic E-state index is 12.3. The summed E-state index contributed by atoms with van der Waals surface area (Å²) in [4.78, 5) is 5.56. The molecular weight excluding hydrogens is 370 g/mol. The van der Waals surface area contributed by atoms with Crippen LogP contribution in [0.15, 0.2) is 23.5 Å². The van der Waals surface area contributed by atoms with Gasteiger partial charge in [-0.3, -0.25) is 4.68 Å². The zero-order chi connectivity index (χ0) is 17.7. The number of guanidine groups is 1. The van der Waals surface area contributed by atoms with Gasteiger partial charge in [-0.1, -0.05) is 17.5 Å². The number of aryl methyl sites for hydroxylation is 1. The molecule has 24 heavy (non-hydrogen) atoms. The van der Waals surface area contributed by atoms with Crippen LogP contribution in [0.4, 0.5) is 0 Å². The number of rotatable bonds is 2. The molecule has 126 valence electrons. The first-order chi connectivity index (χ1) is 11.2. The fourth-order valence-corrected chi connectivity index (χ4v) is 5.40. The van der Waals surface area contributed by atoms with Gasteiger partial charge in [-0.05, 0) is 6.07 Å². The summed E-state index contributed by atoms with van der Waals surface area (Å²) in [6.07, 6.45) is 9.18. The van der Waals surface area contributed by atoms with Crippen LogP contribution in [-0.2, 0) is 22.6 Å². The van der Waals surface area contributed by atoms with Crippen LogP contribution in [0.3, 0.4) is 0 Å². The van der Waals surface area contributed by atoms with Crippen LogP contribution < -0.4 is 5.73 Å². The highest BCUT2D eigenvalue weighted by Gasteiger charge is 2.45. The molecule has 0 aliphatic carbocycles. The predicted octanol–water partition coefficient (Wildman–Crippen LogP) is 1.22. The monoisotopic (exact) mass is 383 g/mol. The SMILES string of the molecule is C#CC1(c2sc(-c3cnn(C)c3)cc2Cl)CS(=O)(=O)N(C)C(N)=N1. The van der Waals surface area contributed by atoms with E-state index >= 15 is 0 Å². The molecule has 0 saturated heterocycles. The topological polar surface area (TPSA) is 93.6 Å². The van der Waals surface area contributed by atoms with Gasteiger partial charge in [0.25, 0.3) is 0 Å². The van der Waals surface area contributed by atoms with E-state index < -0.39 is 15.6 Å². The van der Waals surface area contributed by atoms with Gasteiger partial charge < -0.3 is 5.73 Å². The Kier molecular flexibility index (Phi) is 3.86. The van der Waals surface area contributed by atoms with Crippen LogP contribution in [0.2, 0.25) is 5.02 Å². The van der Waals surface area contributed by atoms with E-state index in [1.165, 1.54) is 18.4 Å². The lowest BCUT2D eigenvalue weighted by molar-refractivity contribution is 0.512. The molecule has 0 amide bonds. The second kappa shape index (κ2) is 5.51. The average Bonchev–Trinajstić information content (AvgIpc) is 3.10. The fourth-order valence-electron chi connectivity index (χ4n) is 2.40. The number of aliphatic imine (C=N–C) groups is 1. The van der Waals surface area contributed by atoms with Crippen LogP contribution in [0, 0.1) is 12.3 Å². The highest BCUT2D eigenvalue weighted by atomic mass is 35.5. The smallest absolute Gasteiger partial charge is 0.240 e. The number of nitrogens with zero attached hydrogens (tertiary/aromatic N) is 4. The van der Waals surface area contributed by atoms with Crippen molar-refractivity contribution in [3.05, 3.63) is 28.4 Å². The third-order valence-electron chi connectivity index (χ3n) is 3.73. The van der Waals surface area contributed by atoms with Gasteiger partial charge in [0.1, 0.15) is 5.75 Å². The number of thiophene rings is 1. The van der Waals surface area contributed by atoms with E-state index in [4.69, 9.17) is 23.8 Å². The fraction of sp³-hybridized carbons (Fsp3) is 0.286. The van der Waals surface area contributed by atoms with E-state index in [0.29, 0.717) is 9.90 Å². The Labute approximate surface area is 148 Å². The molecule has 0 fully saturated rings. The van der Waals surface area contributed by atoms with E-state index in [1.54, 1.807) is 24.0 Å². The summed E-state index contributed by atoms with van der Waals surface area (Å²) in [5, 5.41) is 4.47. The number of terminal acetylenes is 1. The highest BCUT2D eigenvalue weighted by Crippen LogP contribution is 2.43. The van der Waals surface area contributed by atoms with Gasteiger partial charge >= 0.3 is 0 Å². The lowest BCUT2D eigenvalue weighted by Gasteiger charge is -2.32. The summed E-state index contributed by atoms with van der Waals surface area (Å²) in [5.74, 6) is 1.93. The molecule has 2 N–H and O–H groups in total. The standard InChI is InChI=1S/C14H14ClN5O2S2/c1-4-14(8-24(21,22)20(3)13(16)18-14)12-10(15)5-11(23-12)9-6-17-19(2)7-9/h1,5-7H,8H2,2-3H3,(H2,16,18). The van der Waals surface area contributed by atoms with Crippen molar-refractivity contribution in [2.75, 3.05) is 12.8 Å². The van der Waals surface area contributed by atoms with Crippen molar-refractivity contribution in [2.24, 2.45) is 17.8 Å². The Morgan fingerprint density at radius 3 is 2.75 bits per heavy atom. The van der Waals surface area contributed by atoms with Crippen molar-refractivity contribution < 1.29 is 8.42 Å². The van der Waals surface area contributed by atoms with E-state index in [9.17, 15) is 8.42 Å². The summed E-state index contributed by atoms with van der Waals surface area (Å²) in [7, 11) is -0.538. The third-order valence-corrected chi connectivity index (χ3v) is 7.28. The van der Waals surface area contributed by atoms with Crippen LogP contribution in [0.25, 0.3) is 10.4 Å². The first-order valence-electron chi connectivity index (χ1n) is 6.77. The molecule has 1 aliphatic rings. The molecule has 3 rings (SSSR count). The van der Waals surface area contributed by atoms with Crippen molar-refractivity contribution in [2.45, 2.75) is 5.54 Å². The first kappa shape index (κ1) is 16.8. The Balaban J connectivity index is 2.17. The maximum absolute atomic E-state index is 12.3. The quantitative estimate of drug-likeness (QED) is 0.789. The van der Waals surface area contributed by atoms with Gasteiger partial charge in [-0.25, -0.2) is 17.7 Å². The molecule has 2 aromatic rings. The van der Waals surface area contributed by atoms with Gasteiger partial charge in [0.05, 0.1) is 16.1 Å². The number of halogens is 1. The summed E-state index contributed by atoms with van der Waals surface area (Å²) in [6.45, 7) is 0. The van der Waals surface area contributed by atoms with E-state index in [-0.39, 0.29) is 11.7 Å². The molecular formula is C14H14ClN5O2S2. The van der Waals surface area contributed by atoms with Crippen LogP contribution in [0.1, 0.15) is 4.88 Å². The number of sulfonamides is 1. The maximum Gasteiger partial charge on any atom is 0.240 e. The minimum absolute atomic E-state index is 0.161. The molecule has 3 heterocycles. The van der Waals surface area contributed by atoms with Crippen LogP contribution in [0.5, 0.6) is 0 Å². The largest absolute Gasteiger partial charge is 0.369 e. The normalized spacial score (nSPS) is 22.9. The van der Waals surface area contributed by atoms with Gasteiger partial charge in [-0.15, -0.1) is 17.8 Å². The number of nitrogens with two attached hydrogens (primary N) is 1. The van der Waals surface area contributed by atoms with E-state index in [2.05, 4.69) is 16.0 Å². The number of hydrogen-bond donors (Lipinski definition) is 1. The molecule has 1 aliphatic heterocycles. The average molecular weight is 384 g/mol. The van der Waals surface area contributed by atoms with Crippen molar-refractivity contribution >= 4 is 38.9 Å². The minimum atomic E-state index is -3.68. The van der Waals surface area contributed by atoms with Crippen molar-refractivity contribution in [1.29, 1.82) is 0 Å². The second-order valence-corrected chi connectivity index (χ2v) is 8.85. The van der Waals surface area contributed by atoms with E-state index in [1.807, 2.05) is 6.20 Å². The molecule has 1 unspecified atom stereocenters. The second-order valence-electron chi connectivity index (χ2n) is 5.39. The summed E-state index contributed by atoms with van der Waals surface area (Å²) in [5.41, 5.74) is 5.19. The summed E-state index contributed by atoms with van der Waals surface area (Å²) >= 11 is 7.64. The lowest BCUT2D eigenvalue weighted by Crippen LogP contribution is -2.50. The zero-order valence-corrected chi connectivity index (χ0v) is 15.3. The van der Waals surface area contributed by atoms with Crippen LogP contribution in [-0.4, -0.2) is 41.3 Å². The van der Waals surface area contributed by atoms with Crippen molar-refractivity contribution in [3.8, 4) is 22.8 Å². The zero-order valence-electron chi connectivity index (χ0n) is 12.9. The number of aromatic nitrogens is 2. The Bertz CT molecular complexity index is 985. The highest BCUT2D eigenvalue weighted by molar-refractivity contribution is 7.89. The molecule has 10 heteroatoms. The van der Waals surface area contributed by atoms with Crippen molar-refractivity contribution in [3.63, 3.8) is 0 Å². The van der Waals surface area contributed by atoms with Gasteiger partial charge in [0.2, 0.25) is 16.0 Å². The van der Waals surface area contributed by atoms with Gasteiger partial charge in [0.15, 0.2) is 5.54 Å². The molecule has 2 aromatic heterocycles. The molecule has 7 nitrogen and oxygen atoms in total. The Morgan fingerprint density at radius 2 is 2.21 bits per heavy atom. The molecule has 0 spiro atoms. The molecule has 0 aromatic carbocycles. The third kappa shape index (κ3) is 2.56. The molecule has 0 bridgehead atoms. The Hall–Kier alpha value is -2.02. The predicted molar refractivity (Wildman–Crippen MR) is 95.2 cm³/mol. The molecule has 0 radical (unpaired) electrons. The number of hydrogen-bond acceptors (Lipinski definition) is 6. The Morgan fingerprint density at radius 1 is 1.50 bits per heavy atom. The van der Waals surface area contributed by atoms with Gasteiger partial charge in [0, 0.05) is 30.7 Å². The minimum Gasteiger partial charge on any atom is -0.369 e. The molecule has 1 atom stereocenters. The summed E-state index contributed by atoms with van der Waals surface area (Å²) < 4.78 is 27.3. The first-order valence-corrected chi connectivity index (χ1v) is 9.57. The van der Waals surface area contributed by atoms with Gasteiger partial charge in [-0.2, -0.15) is 5.10 Å². The summed E-state index contributed by atoms with van der Waals surface area (Å²) in [6, 6.07) is 1.73. The lowest BCUT2D eigenvalue weighted by atomic mass is 10.0. The van der Waals surface area contributed by atoms with Crippen LogP contribution >= 0.6 is 22.9 Å². The van der Waals surface area contributed by atoms with Crippen molar-refractivity contribution in [1.82, 2.24) is 14.1 Å². The molecule has 0 saturated carbocycles.